The zero-order valence-corrected chi connectivity index (χ0v) is 12.5. The second-order valence-electron chi connectivity index (χ2n) is 4.73. The topological polar surface area (TPSA) is 46.5 Å². The maximum Gasteiger partial charge on any atom is 0.328 e. The van der Waals surface area contributed by atoms with Crippen LogP contribution in [0, 0.1) is 13.8 Å². The molecule has 0 saturated carbocycles. The Morgan fingerprint density at radius 3 is 2.62 bits per heavy atom. The van der Waals surface area contributed by atoms with Crippen molar-refractivity contribution < 1.29 is 14.6 Å². The predicted octanol–water partition coefficient (Wildman–Crippen LogP) is 4.85. The third kappa shape index (κ3) is 4.10. The highest BCUT2D eigenvalue weighted by molar-refractivity contribution is 6.32. The molecule has 4 heteroatoms. The van der Waals surface area contributed by atoms with Crippen LogP contribution in [-0.4, -0.2) is 11.1 Å². The normalized spacial score (nSPS) is 10.8. The summed E-state index contributed by atoms with van der Waals surface area (Å²) in [6.07, 6.45) is 2.50. The molecule has 2 rings (SSSR count). The number of aliphatic carboxylic acids is 1. The lowest BCUT2D eigenvalue weighted by Crippen LogP contribution is -1.90. The number of carboxylic acid groups (broad SMARTS) is 1. The van der Waals surface area contributed by atoms with Crippen molar-refractivity contribution in [3.63, 3.8) is 0 Å². The first-order valence-electron chi connectivity index (χ1n) is 6.41. The molecule has 1 N–H and O–H groups in total. The molecule has 0 bridgehead atoms. The van der Waals surface area contributed by atoms with Crippen LogP contribution in [-0.2, 0) is 4.79 Å². The van der Waals surface area contributed by atoms with Gasteiger partial charge in [-0.2, -0.15) is 0 Å². The molecule has 0 amide bonds. The van der Waals surface area contributed by atoms with Crippen LogP contribution >= 0.6 is 11.6 Å². The molecule has 0 aromatic heterocycles. The van der Waals surface area contributed by atoms with E-state index < -0.39 is 5.97 Å². The van der Waals surface area contributed by atoms with E-state index in [-0.39, 0.29) is 0 Å². The summed E-state index contributed by atoms with van der Waals surface area (Å²) in [5.74, 6) is 0.378. The van der Waals surface area contributed by atoms with Crippen LogP contribution in [0.15, 0.2) is 42.5 Å². The summed E-state index contributed by atoms with van der Waals surface area (Å²) >= 11 is 6.13. The van der Waals surface area contributed by atoms with Crippen LogP contribution in [0.1, 0.15) is 16.7 Å². The fourth-order valence-electron chi connectivity index (χ4n) is 1.81. The minimum Gasteiger partial charge on any atom is -0.478 e. The minimum atomic E-state index is -1.01. The van der Waals surface area contributed by atoms with E-state index in [9.17, 15) is 4.79 Å². The Bertz CT molecular complexity index is 705. The molecule has 2 aromatic carbocycles. The van der Waals surface area contributed by atoms with Gasteiger partial charge in [0.15, 0.2) is 0 Å². The van der Waals surface area contributed by atoms with Crippen LogP contribution in [0.5, 0.6) is 11.5 Å². The number of ether oxygens (including phenoxy) is 1. The highest BCUT2D eigenvalue weighted by Crippen LogP contribution is 2.29. The first kappa shape index (κ1) is 15.1. The molecule has 0 unspecified atom stereocenters. The average Bonchev–Trinajstić information content (AvgIpc) is 2.42. The number of carboxylic acids is 1. The molecule has 0 fully saturated rings. The predicted molar refractivity (Wildman–Crippen MR) is 84.1 cm³/mol. The molecule has 0 heterocycles. The molecular weight excluding hydrogens is 288 g/mol. The molecule has 0 radical (unpaired) electrons. The lowest BCUT2D eigenvalue weighted by atomic mass is 10.1. The van der Waals surface area contributed by atoms with Crippen LogP contribution in [0.2, 0.25) is 5.02 Å². The molecule has 0 saturated heterocycles. The Labute approximate surface area is 128 Å². The highest BCUT2D eigenvalue weighted by Gasteiger charge is 2.05. The van der Waals surface area contributed by atoms with Crippen LogP contribution in [0.4, 0.5) is 0 Å². The number of halogens is 1. The molecule has 108 valence electrons. The average molecular weight is 303 g/mol. The molecule has 0 aliphatic rings. The van der Waals surface area contributed by atoms with Gasteiger partial charge in [0.1, 0.15) is 11.5 Å². The van der Waals surface area contributed by atoms with Gasteiger partial charge in [-0.25, -0.2) is 4.79 Å². The van der Waals surface area contributed by atoms with Gasteiger partial charge in [-0.05, 0) is 60.9 Å². The third-order valence-corrected chi connectivity index (χ3v) is 3.28. The second-order valence-corrected chi connectivity index (χ2v) is 5.13. The van der Waals surface area contributed by atoms with Crippen LogP contribution in [0.3, 0.4) is 0 Å². The Kier molecular flexibility index (Phi) is 4.66. The van der Waals surface area contributed by atoms with Gasteiger partial charge in [-0.1, -0.05) is 23.7 Å². The number of aryl methyl sites for hydroxylation is 2. The molecule has 0 aliphatic carbocycles. The van der Waals surface area contributed by atoms with E-state index in [1.807, 2.05) is 32.0 Å². The van der Waals surface area contributed by atoms with E-state index >= 15 is 0 Å². The number of hydrogen-bond donors (Lipinski definition) is 1. The highest BCUT2D eigenvalue weighted by atomic mass is 35.5. The van der Waals surface area contributed by atoms with Gasteiger partial charge < -0.3 is 9.84 Å². The maximum atomic E-state index is 10.5. The fourth-order valence-corrected chi connectivity index (χ4v) is 2.05. The summed E-state index contributed by atoms with van der Waals surface area (Å²) in [7, 11) is 0. The van der Waals surface area contributed by atoms with E-state index in [0.717, 1.165) is 23.0 Å². The van der Waals surface area contributed by atoms with E-state index in [4.69, 9.17) is 21.4 Å². The van der Waals surface area contributed by atoms with E-state index in [1.165, 1.54) is 6.08 Å². The van der Waals surface area contributed by atoms with Gasteiger partial charge >= 0.3 is 5.97 Å². The summed E-state index contributed by atoms with van der Waals surface area (Å²) < 4.78 is 5.83. The number of rotatable bonds is 4. The van der Waals surface area contributed by atoms with Crippen molar-refractivity contribution in [2.75, 3.05) is 0 Å². The first-order valence-corrected chi connectivity index (χ1v) is 6.79. The number of benzene rings is 2. The number of hydrogen-bond acceptors (Lipinski definition) is 2. The maximum absolute atomic E-state index is 10.5. The molecule has 21 heavy (non-hydrogen) atoms. The van der Waals surface area contributed by atoms with Gasteiger partial charge in [0.2, 0.25) is 0 Å². The third-order valence-electron chi connectivity index (χ3n) is 2.95. The SMILES string of the molecule is Cc1ccc(C)c(Oc2ccc(/C=C/C(=O)O)c(Cl)c2)c1. The first-order chi connectivity index (χ1) is 9.95. The molecule has 0 aliphatic heterocycles. The van der Waals surface area contributed by atoms with Gasteiger partial charge in [-0.15, -0.1) is 0 Å². The van der Waals surface area contributed by atoms with Crippen molar-refractivity contribution in [2.45, 2.75) is 13.8 Å². The monoisotopic (exact) mass is 302 g/mol. The van der Waals surface area contributed by atoms with E-state index in [2.05, 4.69) is 0 Å². The Hall–Kier alpha value is -2.26. The van der Waals surface area contributed by atoms with E-state index in [1.54, 1.807) is 18.2 Å². The van der Waals surface area contributed by atoms with Gasteiger partial charge in [0.25, 0.3) is 0 Å². The Morgan fingerprint density at radius 2 is 1.95 bits per heavy atom. The van der Waals surface area contributed by atoms with Gasteiger partial charge in [0, 0.05) is 6.08 Å². The van der Waals surface area contributed by atoms with Crippen LogP contribution in [0.25, 0.3) is 6.08 Å². The zero-order valence-electron chi connectivity index (χ0n) is 11.8. The van der Waals surface area contributed by atoms with Gasteiger partial charge in [0.05, 0.1) is 5.02 Å². The largest absolute Gasteiger partial charge is 0.478 e. The fraction of sp³-hybridized carbons (Fsp3) is 0.118. The van der Waals surface area contributed by atoms with Crippen molar-refractivity contribution in [3.05, 3.63) is 64.2 Å². The molecular formula is C17H15ClO3. The molecule has 0 spiro atoms. The van der Waals surface area contributed by atoms with Crippen molar-refractivity contribution in [3.8, 4) is 11.5 Å². The minimum absolute atomic E-state index is 0.440. The Morgan fingerprint density at radius 1 is 1.19 bits per heavy atom. The van der Waals surface area contributed by atoms with Crippen molar-refractivity contribution in [1.82, 2.24) is 0 Å². The standard InChI is InChI=1S/C17H15ClO3/c1-11-3-4-12(2)16(9-11)21-14-7-5-13(15(18)10-14)6-8-17(19)20/h3-10H,1-2H3,(H,19,20)/b8-6+. The summed E-state index contributed by atoms with van der Waals surface area (Å²) in [5, 5.41) is 9.06. The second kappa shape index (κ2) is 6.46. The lowest BCUT2D eigenvalue weighted by molar-refractivity contribution is -0.131. The number of carbonyl (C=O) groups is 1. The Balaban J connectivity index is 2.24. The van der Waals surface area contributed by atoms with Crippen molar-refractivity contribution in [2.24, 2.45) is 0 Å². The summed E-state index contributed by atoms with van der Waals surface area (Å²) in [6, 6.07) is 11.1. The van der Waals surface area contributed by atoms with Crippen molar-refractivity contribution in [1.29, 1.82) is 0 Å². The smallest absolute Gasteiger partial charge is 0.328 e. The molecule has 3 nitrogen and oxygen atoms in total. The van der Waals surface area contributed by atoms with Crippen molar-refractivity contribution >= 4 is 23.6 Å². The summed E-state index contributed by atoms with van der Waals surface area (Å²) in [6.45, 7) is 3.97. The molecule has 0 atom stereocenters. The lowest BCUT2D eigenvalue weighted by Gasteiger charge is -2.10. The van der Waals surface area contributed by atoms with Crippen LogP contribution < -0.4 is 4.74 Å². The summed E-state index contributed by atoms with van der Waals surface area (Å²) in [4.78, 5) is 10.5. The quantitative estimate of drug-likeness (QED) is 0.821. The zero-order chi connectivity index (χ0) is 15.4. The summed E-state index contributed by atoms with van der Waals surface area (Å²) in [5.41, 5.74) is 2.78. The molecule has 2 aromatic rings. The van der Waals surface area contributed by atoms with Gasteiger partial charge in [-0.3, -0.25) is 0 Å². The van der Waals surface area contributed by atoms with E-state index in [0.29, 0.717) is 16.3 Å².